The first-order valence-corrected chi connectivity index (χ1v) is 7.79. The van der Waals surface area contributed by atoms with E-state index in [9.17, 15) is 0 Å². The zero-order valence-corrected chi connectivity index (χ0v) is 12.6. The molecule has 0 spiro atoms. The summed E-state index contributed by atoms with van der Waals surface area (Å²) in [5.41, 5.74) is 8.79. The maximum Gasteiger partial charge on any atom is 0.0570 e. The highest BCUT2D eigenvalue weighted by atomic mass is 32.2. The monoisotopic (exact) mass is 277 g/mol. The van der Waals surface area contributed by atoms with Crippen molar-refractivity contribution in [3.8, 4) is 0 Å². The van der Waals surface area contributed by atoms with Crippen LogP contribution in [0.5, 0.6) is 0 Å². The molecule has 2 aromatic rings. The number of hydrogen-bond donors (Lipinski definition) is 1. The number of benzene rings is 1. The standard InChI is InChI=1S/C15H19NS2/c1-15(2,3)18-13-7-5-4-6-12(13)14(16)11-8-9-17-10-11/h4-10,14H,16H2,1-3H3/t14-/m1/s1. The molecule has 0 aliphatic heterocycles. The van der Waals surface area contributed by atoms with E-state index in [1.165, 1.54) is 16.0 Å². The van der Waals surface area contributed by atoms with Gasteiger partial charge in [-0.1, -0.05) is 39.0 Å². The fourth-order valence-electron chi connectivity index (χ4n) is 1.79. The van der Waals surface area contributed by atoms with Crippen molar-refractivity contribution in [2.75, 3.05) is 0 Å². The molecule has 0 saturated carbocycles. The number of nitrogens with two attached hydrogens (primary N) is 1. The van der Waals surface area contributed by atoms with Gasteiger partial charge in [0.15, 0.2) is 0 Å². The van der Waals surface area contributed by atoms with Gasteiger partial charge in [0.25, 0.3) is 0 Å². The van der Waals surface area contributed by atoms with E-state index in [1.54, 1.807) is 11.3 Å². The van der Waals surface area contributed by atoms with Crippen LogP contribution in [0.4, 0.5) is 0 Å². The maximum atomic E-state index is 6.37. The molecule has 0 amide bonds. The molecule has 2 rings (SSSR count). The van der Waals surface area contributed by atoms with Gasteiger partial charge in [-0.3, -0.25) is 0 Å². The highest BCUT2D eigenvalue weighted by Crippen LogP contribution is 2.37. The van der Waals surface area contributed by atoms with Gasteiger partial charge in [-0.05, 0) is 34.0 Å². The molecule has 2 N–H and O–H groups in total. The second-order valence-electron chi connectivity index (χ2n) is 5.29. The van der Waals surface area contributed by atoms with E-state index in [2.05, 4.69) is 61.9 Å². The predicted octanol–water partition coefficient (Wildman–Crippen LogP) is 4.69. The lowest BCUT2D eigenvalue weighted by Crippen LogP contribution is -2.14. The van der Waals surface area contributed by atoms with E-state index in [4.69, 9.17) is 5.73 Å². The minimum Gasteiger partial charge on any atom is -0.320 e. The van der Waals surface area contributed by atoms with E-state index >= 15 is 0 Å². The Kier molecular flexibility index (Phi) is 4.15. The lowest BCUT2D eigenvalue weighted by molar-refractivity contribution is 0.796. The third kappa shape index (κ3) is 3.37. The molecule has 1 aromatic heterocycles. The number of thioether (sulfide) groups is 1. The minimum atomic E-state index is -0.0256. The molecule has 0 unspecified atom stereocenters. The highest BCUT2D eigenvalue weighted by molar-refractivity contribution is 8.00. The zero-order valence-electron chi connectivity index (χ0n) is 11.0. The normalized spacial score (nSPS) is 13.6. The number of hydrogen-bond acceptors (Lipinski definition) is 3. The van der Waals surface area contributed by atoms with Gasteiger partial charge in [0.1, 0.15) is 0 Å². The Bertz CT molecular complexity index is 497. The van der Waals surface area contributed by atoms with E-state index in [1.807, 2.05) is 11.8 Å². The maximum absolute atomic E-state index is 6.37. The van der Waals surface area contributed by atoms with Crippen molar-refractivity contribution in [1.82, 2.24) is 0 Å². The second-order valence-corrected chi connectivity index (χ2v) is 7.94. The molecule has 0 radical (unpaired) electrons. The van der Waals surface area contributed by atoms with Gasteiger partial charge >= 0.3 is 0 Å². The van der Waals surface area contributed by atoms with E-state index < -0.39 is 0 Å². The Morgan fingerprint density at radius 1 is 1.17 bits per heavy atom. The van der Waals surface area contributed by atoms with Gasteiger partial charge in [0.2, 0.25) is 0 Å². The SMILES string of the molecule is CC(C)(C)Sc1ccccc1[C@H](N)c1ccsc1. The fourth-order valence-corrected chi connectivity index (χ4v) is 3.61. The minimum absolute atomic E-state index is 0.0256. The van der Waals surface area contributed by atoms with Crippen molar-refractivity contribution >= 4 is 23.1 Å². The van der Waals surface area contributed by atoms with Gasteiger partial charge < -0.3 is 5.73 Å². The first-order valence-electron chi connectivity index (χ1n) is 6.03. The zero-order chi connectivity index (χ0) is 13.2. The largest absolute Gasteiger partial charge is 0.320 e. The summed E-state index contributed by atoms with van der Waals surface area (Å²) in [7, 11) is 0. The van der Waals surface area contributed by atoms with Crippen LogP contribution < -0.4 is 5.73 Å². The Morgan fingerprint density at radius 2 is 1.89 bits per heavy atom. The van der Waals surface area contributed by atoms with Gasteiger partial charge in [0, 0.05) is 9.64 Å². The van der Waals surface area contributed by atoms with Crippen LogP contribution in [0, 0.1) is 0 Å². The summed E-state index contributed by atoms with van der Waals surface area (Å²) in [5, 5.41) is 4.21. The van der Waals surface area contributed by atoms with Crippen LogP contribution in [0.15, 0.2) is 46.0 Å². The topological polar surface area (TPSA) is 26.0 Å². The summed E-state index contributed by atoms with van der Waals surface area (Å²) in [6.45, 7) is 6.68. The summed E-state index contributed by atoms with van der Waals surface area (Å²) >= 11 is 3.57. The molecule has 0 saturated heterocycles. The van der Waals surface area contributed by atoms with Crippen molar-refractivity contribution in [2.24, 2.45) is 5.73 Å². The number of rotatable bonds is 3. The molecular formula is C15H19NS2. The van der Waals surface area contributed by atoms with E-state index in [0.717, 1.165) is 0 Å². The third-order valence-electron chi connectivity index (χ3n) is 2.57. The third-order valence-corrected chi connectivity index (χ3v) is 4.48. The van der Waals surface area contributed by atoms with Crippen molar-refractivity contribution < 1.29 is 0 Å². The average Bonchev–Trinajstić information content (AvgIpc) is 2.80. The fraction of sp³-hybridized carbons (Fsp3) is 0.333. The number of thiophene rings is 1. The van der Waals surface area contributed by atoms with Gasteiger partial charge in [-0.15, -0.1) is 11.8 Å². The van der Waals surface area contributed by atoms with Gasteiger partial charge in [0.05, 0.1) is 6.04 Å². The average molecular weight is 277 g/mol. The summed E-state index contributed by atoms with van der Waals surface area (Å²) in [4.78, 5) is 1.28. The Hall–Kier alpha value is -0.770. The lowest BCUT2D eigenvalue weighted by atomic mass is 10.0. The summed E-state index contributed by atoms with van der Waals surface area (Å²) in [5.74, 6) is 0. The summed E-state index contributed by atoms with van der Waals surface area (Å²) in [6, 6.07) is 10.5. The molecule has 0 aliphatic rings. The van der Waals surface area contributed by atoms with Crippen molar-refractivity contribution in [2.45, 2.75) is 36.5 Å². The van der Waals surface area contributed by atoms with Crippen molar-refractivity contribution in [3.63, 3.8) is 0 Å². The molecule has 96 valence electrons. The van der Waals surface area contributed by atoms with Crippen molar-refractivity contribution in [1.29, 1.82) is 0 Å². The van der Waals surface area contributed by atoms with Crippen LogP contribution in [0.2, 0.25) is 0 Å². The molecule has 1 aromatic carbocycles. The highest BCUT2D eigenvalue weighted by Gasteiger charge is 2.18. The quantitative estimate of drug-likeness (QED) is 0.824. The molecule has 18 heavy (non-hydrogen) atoms. The molecular weight excluding hydrogens is 258 g/mol. The van der Waals surface area contributed by atoms with Crippen LogP contribution in [0.3, 0.4) is 0 Å². The van der Waals surface area contributed by atoms with Crippen molar-refractivity contribution in [3.05, 3.63) is 52.2 Å². The van der Waals surface area contributed by atoms with Crippen LogP contribution >= 0.6 is 23.1 Å². The van der Waals surface area contributed by atoms with Crippen LogP contribution in [0.25, 0.3) is 0 Å². The first kappa shape index (κ1) is 13.7. The van der Waals surface area contributed by atoms with Crippen LogP contribution in [0.1, 0.15) is 37.9 Å². The molecule has 1 atom stereocenters. The first-order chi connectivity index (χ1) is 8.47. The Labute approximate surface area is 117 Å². The summed E-state index contributed by atoms with van der Waals surface area (Å²) in [6.07, 6.45) is 0. The van der Waals surface area contributed by atoms with Gasteiger partial charge in [-0.25, -0.2) is 0 Å². The molecule has 3 heteroatoms. The molecule has 0 aliphatic carbocycles. The van der Waals surface area contributed by atoms with E-state index in [0.29, 0.717) is 0 Å². The lowest BCUT2D eigenvalue weighted by Gasteiger charge is -2.22. The molecule has 0 fully saturated rings. The summed E-state index contributed by atoms with van der Waals surface area (Å²) < 4.78 is 0.199. The Balaban J connectivity index is 2.33. The van der Waals surface area contributed by atoms with Gasteiger partial charge in [-0.2, -0.15) is 11.3 Å². The smallest absolute Gasteiger partial charge is 0.0570 e. The molecule has 1 nitrogen and oxygen atoms in total. The van der Waals surface area contributed by atoms with Crippen LogP contribution in [-0.4, -0.2) is 4.75 Å². The second kappa shape index (κ2) is 5.47. The Morgan fingerprint density at radius 3 is 2.50 bits per heavy atom. The van der Waals surface area contributed by atoms with Crippen LogP contribution in [-0.2, 0) is 0 Å². The van der Waals surface area contributed by atoms with E-state index in [-0.39, 0.29) is 10.8 Å². The predicted molar refractivity (Wildman–Crippen MR) is 82.4 cm³/mol. The molecule has 0 bridgehead atoms. The molecule has 1 heterocycles.